The Balaban J connectivity index is 1.71. The van der Waals surface area contributed by atoms with E-state index in [1.165, 1.54) is 5.56 Å². The zero-order valence-electron chi connectivity index (χ0n) is 14.6. The Morgan fingerprint density at radius 3 is 2.25 bits per heavy atom. The highest BCUT2D eigenvalue weighted by Crippen LogP contribution is 2.25. The largest absolute Gasteiger partial charge is 0.374 e. The molecule has 0 aliphatic rings. The van der Waals surface area contributed by atoms with Crippen LogP contribution in [0.4, 0.5) is 5.69 Å². The van der Waals surface area contributed by atoms with Crippen LogP contribution in [0.15, 0.2) is 59.1 Å². The average Bonchev–Trinajstić information content (AvgIpc) is 3.05. The summed E-state index contributed by atoms with van der Waals surface area (Å²) in [6.45, 7) is 8.64. The van der Waals surface area contributed by atoms with Gasteiger partial charge in [0, 0.05) is 11.3 Å². The van der Waals surface area contributed by atoms with Crippen LogP contribution in [0.1, 0.15) is 45.2 Å². The molecule has 1 atom stereocenters. The number of rotatable bonds is 4. The van der Waals surface area contributed by atoms with E-state index in [1.807, 2.05) is 37.3 Å². The summed E-state index contributed by atoms with van der Waals surface area (Å²) in [4.78, 5) is 4.49. The van der Waals surface area contributed by atoms with Gasteiger partial charge in [-0.2, -0.15) is 4.98 Å². The molecule has 1 aromatic heterocycles. The Morgan fingerprint density at radius 1 is 0.958 bits per heavy atom. The van der Waals surface area contributed by atoms with Crippen LogP contribution in [0, 0.1) is 0 Å². The number of hydrogen-bond donors (Lipinski definition) is 1. The topological polar surface area (TPSA) is 51.0 Å². The van der Waals surface area contributed by atoms with Crippen LogP contribution in [-0.2, 0) is 5.41 Å². The first-order valence-electron chi connectivity index (χ1n) is 8.19. The Labute approximate surface area is 142 Å². The number of benzene rings is 2. The third-order valence-corrected chi connectivity index (χ3v) is 3.98. The number of nitrogens with zero attached hydrogens (tertiary/aromatic N) is 2. The fraction of sp³-hybridized carbons (Fsp3) is 0.300. The van der Waals surface area contributed by atoms with E-state index in [4.69, 9.17) is 4.52 Å². The van der Waals surface area contributed by atoms with E-state index in [1.54, 1.807) is 0 Å². The highest BCUT2D eigenvalue weighted by Gasteiger charge is 2.16. The fourth-order valence-corrected chi connectivity index (χ4v) is 2.49. The second-order valence-corrected chi connectivity index (χ2v) is 7.02. The molecule has 0 fully saturated rings. The van der Waals surface area contributed by atoms with Gasteiger partial charge in [0.05, 0.1) is 0 Å². The lowest BCUT2D eigenvalue weighted by atomic mass is 9.87. The van der Waals surface area contributed by atoms with Crippen molar-refractivity contribution >= 4 is 5.69 Å². The van der Waals surface area contributed by atoms with Crippen molar-refractivity contribution in [2.45, 2.75) is 39.2 Å². The molecule has 0 spiro atoms. The maximum Gasteiger partial charge on any atom is 0.249 e. The van der Waals surface area contributed by atoms with Gasteiger partial charge in [0.2, 0.25) is 11.7 Å². The number of anilines is 1. The summed E-state index contributed by atoms with van der Waals surface area (Å²) >= 11 is 0. The monoisotopic (exact) mass is 321 g/mol. The summed E-state index contributed by atoms with van der Waals surface area (Å²) in [5, 5.41) is 7.47. The van der Waals surface area contributed by atoms with Gasteiger partial charge in [-0.3, -0.25) is 0 Å². The minimum absolute atomic E-state index is 0.0598. The summed E-state index contributed by atoms with van der Waals surface area (Å²) in [6, 6.07) is 18.3. The standard InChI is InChI=1S/C20H23N3O/c1-14(21-17-12-10-16(11-13-17)20(2,3)4)19-22-18(23-24-19)15-8-6-5-7-9-15/h5-14,21H,1-4H3. The third-order valence-electron chi connectivity index (χ3n) is 3.98. The fourth-order valence-electron chi connectivity index (χ4n) is 2.49. The van der Waals surface area contributed by atoms with Gasteiger partial charge in [0.15, 0.2) is 0 Å². The molecule has 24 heavy (non-hydrogen) atoms. The van der Waals surface area contributed by atoms with Crippen molar-refractivity contribution < 1.29 is 4.52 Å². The molecule has 4 nitrogen and oxygen atoms in total. The Hall–Kier alpha value is -2.62. The number of hydrogen-bond acceptors (Lipinski definition) is 4. The van der Waals surface area contributed by atoms with E-state index in [0.717, 1.165) is 11.3 Å². The molecule has 3 rings (SSSR count). The van der Waals surface area contributed by atoms with Gasteiger partial charge < -0.3 is 9.84 Å². The molecular formula is C20H23N3O. The molecule has 0 saturated heterocycles. The lowest BCUT2D eigenvalue weighted by Gasteiger charge is -2.19. The first-order chi connectivity index (χ1) is 11.4. The van der Waals surface area contributed by atoms with E-state index in [2.05, 4.69) is 60.5 Å². The van der Waals surface area contributed by atoms with E-state index in [9.17, 15) is 0 Å². The van der Waals surface area contributed by atoms with Crippen molar-refractivity contribution in [3.05, 3.63) is 66.1 Å². The van der Waals surface area contributed by atoms with Crippen LogP contribution in [0.25, 0.3) is 11.4 Å². The molecule has 1 heterocycles. The molecule has 0 saturated carbocycles. The summed E-state index contributed by atoms with van der Waals surface area (Å²) < 4.78 is 5.41. The molecule has 0 aliphatic carbocycles. The molecule has 1 unspecified atom stereocenters. The molecule has 124 valence electrons. The number of aromatic nitrogens is 2. The van der Waals surface area contributed by atoms with Gasteiger partial charge in [0.25, 0.3) is 0 Å². The first kappa shape index (κ1) is 16.2. The summed E-state index contributed by atoms with van der Waals surface area (Å²) in [5.41, 5.74) is 3.45. The van der Waals surface area contributed by atoms with Gasteiger partial charge in [-0.05, 0) is 30.0 Å². The van der Waals surface area contributed by atoms with E-state index in [-0.39, 0.29) is 11.5 Å². The van der Waals surface area contributed by atoms with Crippen LogP contribution in [-0.4, -0.2) is 10.1 Å². The lowest BCUT2D eigenvalue weighted by molar-refractivity contribution is 0.368. The quantitative estimate of drug-likeness (QED) is 0.717. The van der Waals surface area contributed by atoms with Gasteiger partial charge in [-0.25, -0.2) is 0 Å². The van der Waals surface area contributed by atoms with E-state index < -0.39 is 0 Å². The third kappa shape index (κ3) is 3.65. The maximum atomic E-state index is 5.41. The predicted octanol–water partition coefficient (Wildman–Crippen LogP) is 5.21. The molecule has 0 bridgehead atoms. The number of nitrogens with one attached hydrogen (secondary N) is 1. The van der Waals surface area contributed by atoms with Crippen molar-refractivity contribution in [1.29, 1.82) is 0 Å². The van der Waals surface area contributed by atoms with Crippen LogP contribution >= 0.6 is 0 Å². The highest BCUT2D eigenvalue weighted by atomic mass is 16.5. The van der Waals surface area contributed by atoms with Crippen molar-refractivity contribution in [3.8, 4) is 11.4 Å². The van der Waals surface area contributed by atoms with Crippen molar-refractivity contribution in [1.82, 2.24) is 10.1 Å². The Morgan fingerprint density at radius 2 is 1.62 bits per heavy atom. The Kier molecular flexibility index (Phi) is 4.38. The van der Waals surface area contributed by atoms with Crippen LogP contribution in [0.2, 0.25) is 0 Å². The zero-order chi connectivity index (χ0) is 17.2. The molecule has 2 aromatic carbocycles. The molecule has 4 heteroatoms. The molecular weight excluding hydrogens is 298 g/mol. The SMILES string of the molecule is CC(Nc1ccc(C(C)(C)C)cc1)c1nc(-c2ccccc2)no1. The lowest BCUT2D eigenvalue weighted by Crippen LogP contribution is -2.11. The summed E-state index contributed by atoms with van der Waals surface area (Å²) in [5.74, 6) is 1.19. The minimum Gasteiger partial charge on any atom is -0.374 e. The van der Waals surface area contributed by atoms with Crippen molar-refractivity contribution in [2.75, 3.05) is 5.32 Å². The van der Waals surface area contributed by atoms with E-state index in [0.29, 0.717) is 11.7 Å². The predicted molar refractivity (Wildman–Crippen MR) is 96.9 cm³/mol. The minimum atomic E-state index is -0.0598. The maximum absolute atomic E-state index is 5.41. The Bertz CT molecular complexity index is 786. The van der Waals surface area contributed by atoms with Gasteiger partial charge in [0.1, 0.15) is 6.04 Å². The first-order valence-corrected chi connectivity index (χ1v) is 8.19. The molecule has 0 radical (unpaired) electrons. The van der Waals surface area contributed by atoms with Gasteiger partial charge >= 0.3 is 0 Å². The second-order valence-electron chi connectivity index (χ2n) is 7.02. The van der Waals surface area contributed by atoms with E-state index >= 15 is 0 Å². The van der Waals surface area contributed by atoms with Gasteiger partial charge in [-0.1, -0.05) is 68.4 Å². The molecule has 3 aromatic rings. The molecule has 0 aliphatic heterocycles. The van der Waals surface area contributed by atoms with Crippen LogP contribution in [0.5, 0.6) is 0 Å². The second kappa shape index (κ2) is 6.48. The molecule has 0 amide bonds. The van der Waals surface area contributed by atoms with Crippen LogP contribution in [0.3, 0.4) is 0 Å². The molecule has 1 N–H and O–H groups in total. The normalized spacial score (nSPS) is 12.8. The summed E-state index contributed by atoms with van der Waals surface area (Å²) in [6.07, 6.45) is 0. The smallest absolute Gasteiger partial charge is 0.249 e. The van der Waals surface area contributed by atoms with Crippen LogP contribution < -0.4 is 5.32 Å². The van der Waals surface area contributed by atoms with Gasteiger partial charge in [-0.15, -0.1) is 0 Å². The zero-order valence-corrected chi connectivity index (χ0v) is 14.6. The van der Waals surface area contributed by atoms with Crippen molar-refractivity contribution in [3.63, 3.8) is 0 Å². The highest BCUT2D eigenvalue weighted by molar-refractivity contribution is 5.54. The van der Waals surface area contributed by atoms with Crippen molar-refractivity contribution in [2.24, 2.45) is 0 Å². The average molecular weight is 321 g/mol. The summed E-state index contributed by atoms with van der Waals surface area (Å²) in [7, 11) is 0.